The average molecular weight is 283 g/mol. The highest BCUT2D eigenvalue weighted by Gasteiger charge is 2.28. The van der Waals surface area contributed by atoms with Crippen LogP contribution in [0.4, 0.5) is 0 Å². The van der Waals surface area contributed by atoms with Crippen molar-refractivity contribution >= 4 is 10.0 Å². The van der Waals surface area contributed by atoms with Gasteiger partial charge in [-0.2, -0.15) is 0 Å². The van der Waals surface area contributed by atoms with Gasteiger partial charge < -0.3 is 0 Å². The van der Waals surface area contributed by atoms with Crippen LogP contribution < -0.4 is 5.14 Å². The van der Waals surface area contributed by atoms with Gasteiger partial charge in [-0.15, -0.1) is 0 Å². The molecular formula is C15H25NO2S. The Morgan fingerprint density at radius 1 is 1.53 bits per heavy atom. The summed E-state index contributed by atoms with van der Waals surface area (Å²) >= 11 is 0. The van der Waals surface area contributed by atoms with Crippen molar-refractivity contribution in [2.75, 3.05) is 0 Å². The minimum absolute atomic E-state index is 0.438. The first-order chi connectivity index (χ1) is 8.75. The first-order valence-electron chi connectivity index (χ1n) is 6.78. The Bertz CT molecular complexity index is 498. The molecule has 0 aromatic heterocycles. The van der Waals surface area contributed by atoms with Gasteiger partial charge in [0.2, 0.25) is 10.0 Å². The summed E-state index contributed by atoms with van der Waals surface area (Å²) < 4.78 is 23.1. The molecule has 0 radical (unpaired) electrons. The van der Waals surface area contributed by atoms with Crippen molar-refractivity contribution in [3.8, 4) is 0 Å². The Hall–Kier alpha value is -0.870. The Balaban J connectivity index is 3.07. The third-order valence-electron chi connectivity index (χ3n) is 3.59. The molecule has 0 aliphatic heterocycles. The normalized spacial score (nSPS) is 21.9. The molecule has 0 saturated heterocycles. The molecule has 0 aromatic rings. The average Bonchev–Trinajstić information content (AvgIpc) is 2.27. The summed E-state index contributed by atoms with van der Waals surface area (Å²) in [5, 5.41) is 4.86. The Labute approximate surface area is 117 Å². The largest absolute Gasteiger partial charge is 0.228 e. The molecule has 19 heavy (non-hydrogen) atoms. The van der Waals surface area contributed by atoms with Gasteiger partial charge in [-0.25, -0.2) is 13.6 Å². The summed E-state index contributed by atoms with van der Waals surface area (Å²) in [7, 11) is -3.45. The molecular weight excluding hydrogens is 258 g/mol. The van der Waals surface area contributed by atoms with Crippen molar-refractivity contribution < 1.29 is 8.42 Å². The fourth-order valence-corrected chi connectivity index (χ4v) is 3.44. The highest BCUT2D eigenvalue weighted by molar-refractivity contribution is 7.89. The first kappa shape index (κ1) is 16.2. The predicted molar refractivity (Wildman–Crippen MR) is 81.2 cm³/mol. The Morgan fingerprint density at radius 2 is 2.16 bits per heavy atom. The predicted octanol–water partition coefficient (Wildman–Crippen LogP) is 3.30. The maximum atomic E-state index is 11.6. The van der Waals surface area contributed by atoms with Crippen LogP contribution in [-0.4, -0.2) is 13.7 Å². The van der Waals surface area contributed by atoms with Crippen LogP contribution in [0.3, 0.4) is 0 Å². The fourth-order valence-electron chi connectivity index (χ4n) is 2.59. The lowest BCUT2D eigenvalue weighted by atomic mass is 9.84. The second-order valence-electron chi connectivity index (χ2n) is 5.74. The molecule has 0 bridgehead atoms. The molecule has 108 valence electrons. The lowest BCUT2D eigenvalue weighted by molar-refractivity contribution is 0.558. The monoisotopic (exact) mass is 283 g/mol. The van der Waals surface area contributed by atoms with Crippen LogP contribution in [0.5, 0.6) is 0 Å². The van der Waals surface area contributed by atoms with E-state index >= 15 is 0 Å². The molecule has 4 heteroatoms. The minimum atomic E-state index is -3.45. The Kier molecular flexibility index (Phi) is 5.56. The van der Waals surface area contributed by atoms with Crippen LogP contribution in [0.15, 0.2) is 35.5 Å². The van der Waals surface area contributed by atoms with Gasteiger partial charge in [0.15, 0.2) is 0 Å². The van der Waals surface area contributed by atoms with Gasteiger partial charge >= 0.3 is 0 Å². The van der Waals surface area contributed by atoms with Crippen molar-refractivity contribution in [2.45, 2.75) is 51.7 Å². The van der Waals surface area contributed by atoms with E-state index < -0.39 is 15.3 Å². The summed E-state index contributed by atoms with van der Waals surface area (Å²) in [5.74, 6) is 0.529. The number of hydrogen-bond acceptors (Lipinski definition) is 2. The number of nitrogens with two attached hydrogens (primary N) is 1. The van der Waals surface area contributed by atoms with E-state index in [4.69, 9.17) is 5.14 Å². The first-order valence-corrected chi connectivity index (χ1v) is 8.38. The minimum Gasteiger partial charge on any atom is -0.228 e. The van der Waals surface area contributed by atoms with Crippen molar-refractivity contribution in [3.63, 3.8) is 0 Å². The molecule has 0 saturated carbocycles. The molecule has 3 nitrogen and oxygen atoms in total. The van der Waals surface area contributed by atoms with Gasteiger partial charge in [-0.05, 0) is 49.7 Å². The van der Waals surface area contributed by atoms with Crippen molar-refractivity contribution in [3.05, 3.63) is 35.5 Å². The molecule has 0 spiro atoms. The van der Waals surface area contributed by atoms with Crippen molar-refractivity contribution in [1.29, 1.82) is 0 Å². The molecule has 1 aliphatic carbocycles. The molecule has 1 atom stereocenters. The van der Waals surface area contributed by atoms with Gasteiger partial charge in [-0.1, -0.05) is 38.2 Å². The zero-order valence-electron chi connectivity index (χ0n) is 12.1. The number of sulfonamides is 1. The summed E-state index contributed by atoms with van der Waals surface area (Å²) in [6.07, 6.45) is 6.70. The van der Waals surface area contributed by atoms with Crippen LogP contribution in [0.1, 0.15) is 46.5 Å². The molecule has 1 unspecified atom stereocenters. The van der Waals surface area contributed by atoms with E-state index in [1.165, 1.54) is 16.7 Å². The molecule has 2 N–H and O–H groups in total. The van der Waals surface area contributed by atoms with Gasteiger partial charge in [0, 0.05) is 0 Å². The SMILES string of the molecule is C=C/C=C(/CC(C)C)C1=C(C)CCC(S(N)(=O)=O)C1. The third kappa shape index (κ3) is 4.62. The molecule has 0 aromatic carbocycles. The van der Waals surface area contributed by atoms with Crippen LogP contribution in [0, 0.1) is 5.92 Å². The van der Waals surface area contributed by atoms with Crippen LogP contribution >= 0.6 is 0 Å². The number of hydrogen-bond donors (Lipinski definition) is 1. The maximum Gasteiger partial charge on any atom is 0.212 e. The summed E-state index contributed by atoms with van der Waals surface area (Å²) in [4.78, 5) is 0. The molecule has 0 amide bonds. The topological polar surface area (TPSA) is 60.2 Å². The highest BCUT2D eigenvalue weighted by atomic mass is 32.2. The second kappa shape index (κ2) is 6.53. The van der Waals surface area contributed by atoms with E-state index in [1.54, 1.807) is 6.08 Å². The van der Waals surface area contributed by atoms with Crippen molar-refractivity contribution in [1.82, 2.24) is 0 Å². The number of primary sulfonamides is 1. The molecule has 1 rings (SSSR count). The van der Waals surface area contributed by atoms with E-state index in [1.807, 2.05) is 6.08 Å². The van der Waals surface area contributed by atoms with E-state index in [2.05, 4.69) is 27.4 Å². The lowest BCUT2D eigenvalue weighted by Crippen LogP contribution is -2.31. The fraction of sp³-hybridized carbons (Fsp3) is 0.600. The molecule has 0 fully saturated rings. The summed E-state index contributed by atoms with van der Waals surface area (Å²) in [5.41, 5.74) is 3.66. The van der Waals surface area contributed by atoms with Crippen LogP contribution in [0.25, 0.3) is 0 Å². The highest BCUT2D eigenvalue weighted by Crippen LogP contribution is 2.34. The van der Waals surface area contributed by atoms with E-state index in [9.17, 15) is 8.42 Å². The molecule has 1 aliphatic rings. The maximum absolute atomic E-state index is 11.6. The van der Waals surface area contributed by atoms with Gasteiger partial charge in [0.05, 0.1) is 5.25 Å². The Morgan fingerprint density at radius 3 is 2.63 bits per heavy atom. The second-order valence-corrected chi connectivity index (χ2v) is 7.58. The summed E-state index contributed by atoms with van der Waals surface area (Å²) in [6.45, 7) is 10.2. The van der Waals surface area contributed by atoms with Crippen molar-refractivity contribution in [2.24, 2.45) is 11.1 Å². The van der Waals surface area contributed by atoms with E-state index in [-0.39, 0.29) is 0 Å². The van der Waals surface area contributed by atoms with Gasteiger partial charge in [-0.3, -0.25) is 0 Å². The van der Waals surface area contributed by atoms with Gasteiger partial charge in [0.1, 0.15) is 0 Å². The zero-order chi connectivity index (χ0) is 14.6. The molecule has 0 heterocycles. The number of rotatable bonds is 5. The van der Waals surface area contributed by atoms with E-state index in [0.29, 0.717) is 18.8 Å². The van der Waals surface area contributed by atoms with Crippen LogP contribution in [-0.2, 0) is 10.0 Å². The van der Waals surface area contributed by atoms with E-state index in [0.717, 1.165) is 12.8 Å². The van der Waals surface area contributed by atoms with Crippen LogP contribution in [0.2, 0.25) is 0 Å². The zero-order valence-corrected chi connectivity index (χ0v) is 13.0. The van der Waals surface area contributed by atoms with Gasteiger partial charge in [0.25, 0.3) is 0 Å². The third-order valence-corrected chi connectivity index (χ3v) is 4.92. The number of allylic oxidation sites excluding steroid dienone is 5. The standard InChI is InChI=1S/C15H25NO2S/c1-5-6-13(9-11(2)3)15-10-14(19(16,17)18)8-7-12(15)4/h5-6,11,14H,1,7-10H2,2-4H3,(H2,16,17,18)/b13-6-. The smallest absolute Gasteiger partial charge is 0.212 e. The lowest BCUT2D eigenvalue weighted by Gasteiger charge is -2.27. The quantitative estimate of drug-likeness (QED) is 0.787. The summed E-state index contributed by atoms with van der Waals surface area (Å²) in [6, 6.07) is 0.